The van der Waals surface area contributed by atoms with Gasteiger partial charge in [-0.1, -0.05) is 18.2 Å². The molecule has 0 bridgehead atoms. The van der Waals surface area contributed by atoms with E-state index in [9.17, 15) is 4.79 Å². The second-order valence-corrected chi connectivity index (χ2v) is 7.68. The lowest BCUT2D eigenvalue weighted by Crippen LogP contribution is -2.30. The lowest BCUT2D eigenvalue weighted by atomic mass is 9.93. The summed E-state index contributed by atoms with van der Waals surface area (Å²) in [5.41, 5.74) is 7.89. The molecule has 0 unspecified atom stereocenters. The molecule has 0 saturated carbocycles. The number of rotatable bonds is 4. The van der Waals surface area contributed by atoms with Crippen molar-refractivity contribution in [2.24, 2.45) is 7.05 Å². The van der Waals surface area contributed by atoms with Crippen LogP contribution in [-0.2, 0) is 11.8 Å². The van der Waals surface area contributed by atoms with Crippen molar-refractivity contribution in [3.05, 3.63) is 64.9 Å². The second-order valence-electron chi connectivity index (χ2n) is 7.68. The first-order valence-electron chi connectivity index (χ1n) is 9.42. The van der Waals surface area contributed by atoms with E-state index in [0.717, 1.165) is 11.1 Å². The number of carbonyl (C=O) groups is 1. The van der Waals surface area contributed by atoms with E-state index in [0.29, 0.717) is 0 Å². The van der Waals surface area contributed by atoms with E-state index >= 15 is 0 Å². The molecule has 1 heterocycles. The number of amides is 1. The fraction of sp³-hybridized carbons (Fsp3) is 0.292. The molecular weight excluding hydrogens is 332 g/mol. The Labute approximate surface area is 161 Å². The molecule has 0 aliphatic carbocycles. The van der Waals surface area contributed by atoms with Crippen LogP contribution in [0.4, 0.5) is 0 Å². The van der Waals surface area contributed by atoms with Crippen molar-refractivity contribution in [3.63, 3.8) is 0 Å². The van der Waals surface area contributed by atoms with Gasteiger partial charge in [-0.3, -0.25) is 4.79 Å². The van der Waals surface area contributed by atoms with E-state index in [1.807, 2.05) is 26.8 Å². The van der Waals surface area contributed by atoms with E-state index in [-0.39, 0.29) is 11.9 Å². The van der Waals surface area contributed by atoms with Crippen LogP contribution in [0.2, 0.25) is 0 Å². The largest absolute Gasteiger partial charge is 0.351 e. The SMILES string of the molecule is CC(=Cc1cc(C)c(-c2ccc3c(ccn3C)c2)cc1C)C(=O)NC(C)C. The Morgan fingerprint density at radius 1 is 1.07 bits per heavy atom. The summed E-state index contributed by atoms with van der Waals surface area (Å²) in [4.78, 5) is 12.2. The van der Waals surface area contributed by atoms with Gasteiger partial charge in [0.05, 0.1) is 0 Å². The van der Waals surface area contributed by atoms with Gasteiger partial charge in [0.2, 0.25) is 5.91 Å². The number of nitrogens with one attached hydrogen (secondary N) is 1. The number of fused-ring (bicyclic) bond motifs is 1. The fourth-order valence-electron chi connectivity index (χ4n) is 3.43. The summed E-state index contributed by atoms with van der Waals surface area (Å²) in [6.45, 7) is 10.0. The van der Waals surface area contributed by atoms with Gasteiger partial charge >= 0.3 is 0 Å². The molecule has 0 spiro atoms. The quantitative estimate of drug-likeness (QED) is 0.622. The van der Waals surface area contributed by atoms with E-state index < -0.39 is 0 Å². The van der Waals surface area contributed by atoms with E-state index in [1.54, 1.807) is 0 Å². The highest BCUT2D eigenvalue weighted by atomic mass is 16.1. The molecule has 27 heavy (non-hydrogen) atoms. The summed E-state index contributed by atoms with van der Waals surface area (Å²) in [6.07, 6.45) is 4.07. The Morgan fingerprint density at radius 2 is 1.81 bits per heavy atom. The molecule has 0 aliphatic rings. The first-order chi connectivity index (χ1) is 12.8. The number of hydrogen-bond acceptors (Lipinski definition) is 1. The topological polar surface area (TPSA) is 34.0 Å². The van der Waals surface area contributed by atoms with Crippen LogP contribution in [0.3, 0.4) is 0 Å². The highest BCUT2D eigenvalue weighted by molar-refractivity contribution is 5.97. The minimum atomic E-state index is -0.0133. The Hall–Kier alpha value is -2.81. The molecule has 0 atom stereocenters. The summed E-state index contributed by atoms with van der Waals surface area (Å²) in [6, 6.07) is 13.3. The Bertz CT molecular complexity index is 1040. The molecule has 3 rings (SSSR count). The number of hydrogen-bond donors (Lipinski definition) is 1. The van der Waals surface area contributed by atoms with Crippen LogP contribution in [0.25, 0.3) is 28.1 Å². The lowest BCUT2D eigenvalue weighted by molar-refractivity contribution is -0.117. The van der Waals surface area contributed by atoms with Crippen LogP contribution in [0.1, 0.15) is 37.5 Å². The predicted molar refractivity (Wildman–Crippen MR) is 115 cm³/mol. The molecule has 3 aromatic rings. The molecule has 140 valence electrons. The molecule has 1 N–H and O–H groups in total. The zero-order valence-electron chi connectivity index (χ0n) is 17.1. The number of aromatic nitrogens is 1. The molecule has 0 fully saturated rings. The van der Waals surface area contributed by atoms with Gasteiger partial charge in [0.1, 0.15) is 0 Å². The average molecular weight is 361 g/mol. The van der Waals surface area contributed by atoms with Gasteiger partial charge in [-0.05, 0) is 86.7 Å². The van der Waals surface area contributed by atoms with Gasteiger partial charge in [0.25, 0.3) is 0 Å². The maximum Gasteiger partial charge on any atom is 0.247 e. The van der Waals surface area contributed by atoms with Gasteiger partial charge < -0.3 is 9.88 Å². The van der Waals surface area contributed by atoms with Gasteiger partial charge in [0, 0.05) is 35.8 Å². The highest BCUT2D eigenvalue weighted by Gasteiger charge is 2.10. The van der Waals surface area contributed by atoms with Crippen molar-refractivity contribution < 1.29 is 4.79 Å². The molecule has 1 amide bonds. The second kappa shape index (κ2) is 7.43. The first kappa shape index (κ1) is 19.0. The number of nitrogens with zero attached hydrogens (tertiary/aromatic N) is 1. The van der Waals surface area contributed by atoms with Crippen LogP contribution < -0.4 is 5.32 Å². The number of carbonyl (C=O) groups excluding carboxylic acids is 1. The van der Waals surface area contributed by atoms with Gasteiger partial charge in [-0.25, -0.2) is 0 Å². The highest BCUT2D eigenvalue weighted by Crippen LogP contribution is 2.30. The van der Waals surface area contributed by atoms with Crippen molar-refractivity contribution in [2.45, 2.75) is 40.7 Å². The first-order valence-corrected chi connectivity index (χ1v) is 9.42. The fourth-order valence-corrected chi connectivity index (χ4v) is 3.43. The van der Waals surface area contributed by atoms with Crippen molar-refractivity contribution in [1.82, 2.24) is 9.88 Å². The summed E-state index contributed by atoms with van der Waals surface area (Å²) >= 11 is 0. The summed E-state index contributed by atoms with van der Waals surface area (Å²) < 4.78 is 2.14. The Balaban J connectivity index is 1.97. The van der Waals surface area contributed by atoms with Crippen LogP contribution in [-0.4, -0.2) is 16.5 Å². The summed E-state index contributed by atoms with van der Waals surface area (Å²) in [5, 5.41) is 4.19. The predicted octanol–water partition coefficient (Wildman–Crippen LogP) is 5.39. The Kier molecular flexibility index (Phi) is 5.22. The van der Waals surface area contributed by atoms with E-state index in [2.05, 4.69) is 73.4 Å². The molecule has 0 saturated heterocycles. The standard InChI is InChI=1S/C24H28N2O/c1-15(2)25-24(27)18(5)12-21-11-17(4)22(13-16(21)3)19-7-8-23-20(14-19)9-10-26(23)6/h7-15H,1-6H3,(H,25,27). The lowest BCUT2D eigenvalue weighted by Gasteiger charge is -2.13. The third-order valence-electron chi connectivity index (χ3n) is 4.96. The zero-order chi connectivity index (χ0) is 19.7. The number of aryl methyl sites for hydroxylation is 3. The van der Waals surface area contributed by atoms with Crippen molar-refractivity contribution in [2.75, 3.05) is 0 Å². The molecule has 0 radical (unpaired) electrons. The third kappa shape index (κ3) is 3.97. The summed E-state index contributed by atoms with van der Waals surface area (Å²) in [7, 11) is 2.07. The third-order valence-corrected chi connectivity index (χ3v) is 4.96. The molecule has 3 nitrogen and oxygen atoms in total. The van der Waals surface area contributed by atoms with Crippen molar-refractivity contribution in [1.29, 1.82) is 0 Å². The number of benzene rings is 2. The van der Waals surface area contributed by atoms with Crippen molar-refractivity contribution >= 4 is 22.9 Å². The summed E-state index contributed by atoms with van der Waals surface area (Å²) in [5.74, 6) is -0.0133. The maximum absolute atomic E-state index is 12.2. The van der Waals surface area contributed by atoms with E-state index in [4.69, 9.17) is 0 Å². The van der Waals surface area contributed by atoms with Crippen molar-refractivity contribution in [3.8, 4) is 11.1 Å². The molecule has 1 aromatic heterocycles. The van der Waals surface area contributed by atoms with Crippen LogP contribution in [0.15, 0.2) is 48.2 Å². The average Bonchev–Trinajstić information content (AvgIpc) is 2.97. The normalized spacial score (nSPS) is 12.0. The maximum atomic E-state index is 12.2. The zero-order valence-corrected chi connectivity index (χ0v) is 17.1. The minimum absolute atomic E-state index is 0.0133. The van der Waals surface area contributed by atoms with Crippen LogP contribution in [0, 0.1) is 13.8 Å². The molecule has 3 heteroatoms. The Morgan fingerprint density at radius 3 is 2.52 bits per heavy atom. The monoisotopic (exact) mass is 360 g/mol. The van der Waals surface area contributed by atoms with Crippen LogP contribution in [0.5, 0.6) is 0 Å². The minimum Gasteiger partial charge on any atom is -0.351 e. The molecule has 0 aliphatic heterocycles. The van der Waals surface area contributed by atoms with Crippen LogP contribution >= 0.6 is 0 Å². The smallest absolute Gasteiger partial charge is 0.247 e. The van der Waals surface area contributed by atoms with E-state index in [1.165, 1.54) is 33.2 Å². The van der Waals surface area contributed by atoms with Gasteiger partial charge in [-0.2, -0.15) is 0 Å². The van der Waals surface area contributed by atoms with Gasteiger partial charge in [-0.15, -0.1) is 0 Å². The molecular formula is C24H28N2O. The van der Waals surface area contributed by atoms with Gasteiger partial charge in [0.15, 0.2) is 0 Å². The molecule has 2 aromatic carbocycles.